The summed E-state index contributed by atoms with van der Waals surface area (Å²) in [5, 5.41) is 10.7. The fourth-order valence-electron chi connectivity index (χ4n) is 1.82. The molecule has 6 heteroatoms. The Hall–Kier alpha value is -2.21. The first-order chi connectivity index (χ1) is 9.75. The molecule has 0 heterocycles. The molecule has 0 saturated carbocycles. The van der Waals surface area contributed by atoms with Crippen molar-refractivity contribution in [2.75, 3.05) is 20.1 Å². The number of hydrogen-bond donors (Lipinski definition) is 1. The van der Waals surface area contributed by atoms with Crippen LogP contribution in [0, 0.1) is 15.5 Å². The minimum absolute atomic E-state index is 0.00205. The van der Waals surface area contributed by atoms with Gasteiger partial charge in [-0.15, -0.1) is 0 Å². The molecule has 1 aromatic carbocycles. The number of benzene rings is 1. The molecule has 0 aromatic heterocycles. The molecule has 0 radical (unpaired) electrons. The van der Waals surface area contributed by atoms with Crippen LogP contribution in [-0.2, 0) is 4.79 Å². The molecular formula is C15H21N3O3. The lowest BCUT2D eigenvalue weighted by molar-refractivity contribution is -0.384. The van der Waals surface area contributed by atoms with Gasteiger partial charge in [0.25, 0.3) is 5.69 Å². The Morgan fingerprint density at radius 1 is 1.48 bits per heavy atom. The molecule has 2 N–H and O–H groups in total. The number of likely N-dealkylation sites (N-methyl/N-ethyl adjacent to an activating group) is 1. The standard InChI is InChI=1S/C15H21N3O3/c1-15(2,10-16)11-17(3)14(19)8-7-12-5-4-6-13(9-12)18(20)21/h4-9H,10-11,16H2,1-3H3. The summed E-state index contributed by atoms with van der Waals surface area (Å²) in [5.41, 5.74) is 6.11. The van der Waals surface area contributed by atoms with E-state index in [0.717, 1.165) is 0 Å². The van der Waals surface area contributed by atoms with Gasteiger partial charge in [0, 0.05) is 31.8 Å². The lowest BCUT2D eigenvalue weighted by Gasteiger charge is -2.28. The Kier molecular flexibility index (Phi) is 5.60. The van der Waals surface area contributed by atoms with E-state index in [9.17, 15) is 14.9 Å². The second-order valence-corrected chi connectivity index (χ2v) is 5.75. The molecule has 0 atom stereocenters. The van der Waals surface area contributed by atoms with Gasteiger partial charge in [0.1, 0.15) is 0 Å². The van der Waals surface area contributed by atoms with Crippen molar-refractivity contribution in [3.05, 3.63) is 46.0 Å². The third-order valence-corrected chi connectivity index (χ3v) is 3.09. The number of carbonyl (C=O) groups excluding carboxylic acids is 1. The van der Waals surface area contributed by atoms with Crippen LogP contribution in [0.25, 0.3) is 6.08 Å². The van der Waals surface area contributed by atoms with Crippen LogP contribution >= 0.6 is 0 Å². The van der Waals surface area contributed by atoms with Crippen molar-refractivity contribution >= 4 is 17.7 Å². The quantitative estimate of drug-likeness (QED) is 0.493. The number of amides is 1. The van der Waals surface area contributed by atoms with E-state index in [1.54, 1.807) is 30.2 Å². The van der Waals surface area contributed by atoms with Crippen molar-refractivity contribution in [1.82, 2.24) is 4.90 Å². The van der Waals surface area contributed by atoms with Crippen LogP contribution < -0.4 is 5.73 Å². The van der Waals surface area contributed by atoms with Crippen molar-refractivity contribution in [1.29, 1.82) is 0 Å². The molecule has 1 rings (SSSR count). The predicted octanol–water partition coefficient (Wildman–Crippen LogP) is 2.05. The van der Waals surface area contributed by atoms with Gasteiger partial charge in [0.2, 0.25) is 5.91 Å². The molecule has 0 aliphatic heterocycles. The van der Waals surface area contributed by atoms with E-state index in [-0.39, 0.29) is 17.0 Å². The lowest BCUT2D eigenvalue weighted by atomic mass is 9.93. The van der Waals surface area contributed by atoms with Crippen LogP contribution in [0.4, 0.5) is 5.69 Å². The minimum Gasteiger partial charge on any atom is -0.342 e. The fraction of sp³-hybridized carbons (Fsp3) is 0.400. The number of nitro groups is 1. The number of rotatable bonds is 6. The molecule has 0 aliphatic carbocycles. The largest absolute Gasteiger partial charge is 0.342 e. The lowest BCUT2D eigenvalue weighted by Crippen LogP contribution is -2.39. The summed E-state index contributed by atoms with van der Waals surface area (Å²) in [7, 11) is 1.71. The van der Waals surface area contributed by atoms with E-state index in [2.05, 4.69) is 0 Å². The number of hydrogen-bond acceptors (Lipinski definition) is 4. The summed E-state index contributed by atoms with van der Waals surface area (Å²) in [5.74, 6) is -0.164. The molecular weight excluding hydrogens is 270 g/mol. The molecule has 0 unspecified atom stereocenters. The highest BCUT2D eigenvalue weighted by Gasteiger charge is 2.19. The first-order valence-corrected chi connectivity index (χ1v) is 6.63. The molecule has 0 saturated heterocycles. The molecule has 1 amide bonds. The average molecular weight is 291 g/mol. The minimum atomic E-state index is -0.463. The molecule has 1 aromatic rings. The molecule has 0 fully saturated rings. The van der Waals surface area contributed by atoms with Gasteiger partial charge in [-0.25, -0.2) is 0 Å². The van der Waals surface area contributed by atoms with Gasteiger partial charge in [-0.05, 0) is 23.6 Å². The summed E-state index contributed by atoms with van der Waals surface area (Å²) in [6.07, 6.45) is 2.98. The van der Waals surface area contributed by atoms with E-state index < -0.39 is 4.92 Å². The summed E-state index contributed by atoms with van der Waals surface area (Å²) >= 11 is 0. The van der Waals surface area contributed by atoms with E-state index in [1.165, 1.54) is 18.2 Å². The molecule has 0 spiro atoms. The number of nitrogens with zero attached hydrogens (tertiary/aromatic N) is 2. The summed E-state index contributed by atoms with van der Waals surface area (Å²) in [4.78, 5) is 23.8. The SMILES string of the molecule is CN(CC(C)(C)CN)C(=O)C=Cc1cccc([N+](=O)[O-])c1. The number of non-ortho nitro benzene ring substituents is 1. The predicted molar refractivity (Wildman–Crippen MR) is 82.6 cm³/mol. The monoisotopic (exact) mass is 291 g/mol. The van der Waals surface area contributed by atoms with E-state index in [0.29, 0.717) is 18.7 Å². The Labute approximate surface area is 124 Å². The maximum Gasteiger partial charge on any atom is 0.270 e. The van der Waals surface area contributed by atoms with Crippen molar-refractivity contribution in [2.24, 2.45) is 11.1 Å². The molecule has 6 nitrogen and oxygen atoms in total. The third-order valence-electron chi connectivity index (χ3n) is 3.09. The number of nitrogens with two attached hydrogens (primary N) is 1. The summed E-state index contributed by atoms with van der Waals surface area (Å²) in [6, 6.07) is 6.13. The maximum atomic E-state index is 12.0. The van der Waals surface area contributed by atoms with Crippen LogP contribution in [0.3, 0.4) is 0 Å². The van der Waals surface area contributed by atoms with Crippen molar-refractivity contribution in [2.45, 2.75) is 13.8 Å². The second-order valence-electron chi connectivity index (χ2n) is 5.75. The van der Waals surface area contributed by atoms with Gasteiger partial charge in [0.05, 0.1) is 4.92 Å². The van der Waals surface area contributed by atoms with Crippen LogP contribution in [0.15, 0.2) is 30.3 Å². The Morgan fingerprint density at radius 3 is 2.71 bits per heavy atom. The van der Waals surface area contributed by atoms with Crippen LogP contribution in [0.5, 0.6) is 0 Å². The van der Waals surface area contributed by atoms with E-state index in [1.807, 2.05) is 13.8 Å². The highest BCUT2D eigenvalue weighted by atomic mass is 16.6. The van der Waals surface area contributed by atoms with Crippen LogP contribution in [-0.4, -0.2) is 35.9 Å². The smallest absolute Gasteiger partial charge is 0.270 e. The fourth-order valence-corrected chi connectivity index (χ4v) is 1.82. The zero-order valence-corrected chi connectivity index (χ0v) is 12.6. The third kappa shape index (κ3) is 5.35. The highest BCUT2D eigenvalue weighted by Crippen LogP contribution is 2.16. The van der Waals surface area contributed by atoms with Crippen LogP contribution in [0.1, 0.15) is 19.4 Å². The van der Waals surface area contributed by atoms with Gasteiger partial charge in [-0.1, -0.05) is 26.0 Å². The number of carbonyl (C=O) groups is 1. The molecule has 0 aliphatic rings. The van der Waals surface area contributed by atoms with E-state index in [4.69, 9.17) is 5.73 Å². The maximum absolute atomic E-state index is 12.0. The molecule has 0 bridgehead atoms. The zero-order valence-electron chi connectivity index (χ0n) is 12.6. The van der Waals surface area contributed by atoms with Gasteiger partial charge in [-0.3, -0.25) is 14.9 Å². The zero-order chi connectivity index (χ0) is 16.0. The Balaban J connectivity index is 2.74. The second kappa shape index (κ2) is 6.99. The van der Waals surface area contributed by atoms with Crippen LogP contribution in [0.2, 0.25) is 0 Å². The first kappa shape index (κ1) is 16.8. The Morgan fingerprint density at radius 2 is 2.14 bits per heavy atom. The van der Waals surface area contributed by atoms with Crippen molar-refractivity contribution < 1.29 is 9.72 Å². The number of nitro benzene ring substituents is 1. The first-order valence-electron chi connectivity index (χ1n) is 6.63. The molecule has 114 valence electrons. The van der Waals surface area contributed by atoms with Gasteiger partial charge in [-0.2, -0.15) is 0 Å². The van der Waals surface area contributed by atoms with E-state index >= 15 is 0 Å². The topological polar surface area (TPSA) is 89.5 Å². The summed E-state index contributed by atoms with van der Waals surface area (Å²) in [6.45, 7) is 5.00. The van der Waals surface area contributed by atoms with Gasteiger partial charge >= 0.3 is 0 Å². The normalized spacial score (nSPS) is 11.6. The molecule has 21 heavy (non-hydrogen) atoms. The van der Waals surface area contributed by atoms with Crippen molar-refractivity contribution in [3.63, 3.8) is 0 Å². The average Bonchev–Trinajstić information content (AvgIpc) is 2.44. The van der Waals surface area contributed by atoms with Gasteiger partial charge < -0.3 is 10.6 Å². The van der Waals surface area contributed by atoms with Gasteiger partial charge in [0.15, 0.2) is 0 Å². The Bertz CT molecular complexity index is 553. The highest BCUT2D eigenvalue weighted by molar-refractivity contribution is 5.91. The van der Waals surface area contributed by atoms with Crippen molar-refractivity contribution in [3.8, 4) is 0 Å². The summed E-state index contributed by atoms with van der Waals surface area (Å²) < 4.78 is 0.